The summed E-state index contributed by atoms with van der Waals surface area (Å²) in [4.78, 5) is 15.1. The zero-order valence-electron chi connectivity index (χ0n) is 17.2. The number of hydrogen-bond acceptors (Lipinski definition) is 4. The van der Waals surface area contributed by atoms with Crippen LogP contribution in [0.2, 0.25) is 5.02 Å². The average molecular weight is 433 g/mol. The van der Waals surface area contributed by atoms with Crippen molar-refractivity contribution in [3.05, 3.63) is 58.4 Å². The molecule has 4 rings (SSSR count). The number of nitrogens with zero attached hydrogens (tertiary/aromatic N) is 1. The Labute approximate surface area is 181 Å². The molecule has 1 amide bonds. The third-order valence-corrected chi connectivity index (χ3v) is 6.54. The predicted molar refractivity (Wildman–Crippen MR) is 114 cm³/mol. The Morgan fingerprint density at radius 1 is 1.13 bits per heavy atom. The first kappa shape index (κ1) is 20.9. The monoisotopic (exact) mass is 432 g/mol. The molecule has 2 saturated heterocycles. The predicted octanol–water partition coefficient (Wildman–Crippen LogP) is 4.42. The summed E-state index contributed by atoms with van der Waals surface area (Å²) in [5.41, 5.74) is 1.53. The van der Waals surface area contributed by atoms with Crippen molar-refractivity contribution in [1.29, 1.82) is 0 Å². The maximum Gasteiger partial charge on any atom is 0.251 e. The molecule has 0 aliphatic carbocycles. The van der Waals surface area contributed by atoms with Crippen molar-refractivity contribution in [1.82, 2.24) is 10.2 Å². The van der Waals surface area contributed by atoms with E-state index in [1.54, 1.807) is 14.2 Å². The minimum absolute atomic E-state index is 0.0361. The van der Waals surface area contributed by atoms with Crippen LogP contribution in [0.15, 0.2) is 36.4 Å². The number of benzene rings is 2. The van der Waals surface area contributed by atoms with E-state index in [4.69, 9.17) is 21.1 Å². The van der Waals surface area contributed by atoms with Crippen LogP contribution in [0.5, 0.6) is 11.5 Å². The molecule has 0 aromatic heterocycles. The Bertz CT molecular complexity index is 925. The second-order valence-corrected chi connectivity index (χ2v) is 8.41. The molecule has 2 heterocycles. The van der Waals surface area contributed by atoms with Crippen molar-refractivity contribution in [2.45, 2.75) is 50.4 Å². The molecule has 2 aliphatic heterocycles. The number of ether oxygens (including phenoxy) is 2. The smallest absolute Gasteiger partial charge is 0.251 e. The Morgan fingerprint density at radius 2 is 1.87 bits per heavy atom. The maximum atomic E-state index is 13.4. The zero-order valence-corrected chi connectivity index (χ0v) is 17.9. The Kier molecular flexibility index (Phi) is 6.16. The summed E-state index contributed by atoms with van der Waals surface area (Å²) in [6.45, 7) is 0.816. The summed E-state index contributed by atoms with van der Waals surface area (Å²) < 4.78 is 24.2. The summed E-state index contributed by atoms with van der Waals surface area (Å²) in [6.07, 6.45) is 4.04. The lowest BCUT2D eigenvalue weighted by atomic mass is 9.96. The van der Waals surface area contributed by atoms with Gasteiger partial charge >= 0.3 is 0 Å². The molecule has 0 radical (unpaired) electrons. The number of rotatable bonds is 6. The molecule has 160 valence electrons. The number of nitrogens with one attached hydrogen (secondary N) is 1. The molecule has 0 saturated carbocycles. The number of fused-ring (bicyclic) bond motifs is 2. The minimum atomic E-state index is -0.520. The highest BCUT2D eigenvalue weighted by atomic mass is 35.5. The molecule has 7 heteroatoms. The molecule has 2 bridgehead atoms. The first-order valence-corrected chi connectivity index (χ1v) is 10.6. The van der Waals surface area contributed by atoms with Crippen molar-refractivity contribution in [2.75, 3.05) is 14.2 Å². The van der Waals surface area contributed by atoms with Gasteiger partial charge in [0, 0.05) is 41.9 Å². The van der Waals surface area contributed by atoms with E-state index >= 15 is 0 Å². The first-order valence-electron chi connectivity index (χ1n) is 10.2. The zero-order chi connectivity index (χ0) is 21.3. The van der Waals surface area contributed by atoms with Gasteiger partial charge in [0.1, 0.15) is 17.3 Å². The van der Waals surface area contributed by atoms with E-state index in [1.807, 2.05) is 12.1 Å². The van der Waals surface area contributed by atoms with E-state index < -0.39 is 5.82 Å². The van der Waals surface area contributed by atoms with Gasteiger partial charge in [0.15, 0.2) is 0 Å². The van der Waals surface area contributed by atoms with Gasteiger partial charge < -0.3 is 14.8 Å². The number of piperidine rings is 1. The lowest BCUT2D eigenvalue weighted by Crippen LogP contribution is -2.50. The molecule has 2 aliphatic rings. The number of hydrogen-bond donors (Lipinski definition) is 1. The van der Waals surface area contributed by atoms with E-state index in [-0.39, 0.29) is 17.0 Å². The van der Waals surface area contributed by atoms with Crippen LogP contribution in [-0.4, -0.2) is 43.2 Å². The summed E-state index contributed by atoms with van der Waals surface area (Å²) in [7, 11) is 3.32. The normalized spacial score (nSPS) is 23.3. The first-order chi connectivity index (χ1) is 14.5. The van der Waals surface area contributed by atoms with Crippen LogP contribution in [0.25, 0.3) is 0 Å². The van der Waals surface area contributed by atoms with E-state index in [9.17, 15) is 9.18 Å². The van der Waals surface area contributed by atoms with Gasteiger partial charge in [0.25, 0.3) is 5.91 Å². The molecule has 2 aromatic rings. The van der Waals surface area contributed by atoms with E-state index in [0.29, 0.717) is 17.6 Å². The second kappa shape index (κ2) is 8.82. The fraction of sp³-hybridized carbons (Fsp3) is 0.435. The number of amides is 1. The van der Waals surface area contributed by atoms with Crippen LogP contribution in [0.1, 0.15) is 41.6 Å². The van der Waals surface area contributed by atoms with Crippen molar-refractivity contribution in [3.63, 3.8) is 0 Å². The van der Waals surface area contributed by atoms with Crippen LogP contribution < -0.4 is 14.8 Å². The molecular weight excluding hydrogens is 407 g/mol. The SMILES string of the molecule is COc1ccc(CN2C3CCC2CC(NC(=O)c2ccc(F)c(Cl)c2)C3)c(OC)c1. The third kappa shape index (κ3) is 4.25. The summed E-state index contributed by atoms with van der Waals surface area (Å²) in [5.74, 6) is 0.887. The molecule has 2 fully saturated rings. The minimum Gasteiger partial charge on any atom is -0.497 e. The van der Waals surface area contributed by atoms with Crippen LogP contribution in [0, 0.1) is 5.82 Å². The van der Waals surface area contributed by atoms with Gasteiger partial charge in [-0.15, -0.1) is 0 Å². The van der Waals surface area contributed by atoms with Gasteiger partial charge in [0.05, 0.1) is 19.2 Å². The van der Waals surface area contributed by atoms with Gasteiger partial charge in [-0.1, -0.05) is 17.7 Å². The molecule has 0 spiro atoms. The number of carbonyl (C=O) groups is 1. The van der Waals surface area contributed by atoms with Gasteiger partial charge in [-0.3, -0.25) is 9.69 Å². The van der Waals surface area contributed by atoms with Crippen molar-refractivity contribution in [2.24, 2.45) is 0 Å². The third-order valence-electron chi connectivity index (χ3n) is 6.25. The van der Waals surface area contributed by atoms with Gasteiger partial charge in [0.2, 0.25) is 0 Å². The van der Waals surface area contributed by atoms with Crippen LogP contribution in [0.3, 0.4) is 0 Å². The van der Waals surface area contributed by atoms with Crippen LogP contribution in [-0.2, 0) is 6.54 Å². The second-order valence-electron chi connectivity index (χ2n) is 8.01. The maximum absolute atomic E-state index is 13.4. The van der Waals surface area contributed by atoms with Crippen molar-refractivity contribution in [3.8, 4) is 11.5 Å². The summed E-state index contributed by atoms with van der Waals surface area (Å²) in [5, 5.41) is 3.08. The standard InChI is InChI=1S/C23H26ClFN2O3/c1-29-19-7-3-15(22(12-19)30-2)13-27-17-5-6-18(27)11-16(10-17)26-23(28)14-4-8-21(25)20(24)9-14/h3-4,7-9,12,16-18H,5-6,10-11,13H2,1-2H3,(H,26,28). The quantitative estimate of drug-likeness (QED) is 0.734. The molecule has 2 atom stereocenters. The van der Waals surface area contributed by atoms with Crippen LogP contribution >= 0.6 is 11.6 Å². The van der Waals surface area contributed by atoms with E-state index in [2.05, 4.69) is 16.3 Å². The molecule has 2 unspecified atom stereocenters. The Hall–Kier alpha value is -2.31. The highest BCUT2D eigenvalue weighted by molar-refractivity contribution is 6.31. The Morgan fingerprint density at radius 3 is 2.50 bits per heavy atom. The Balaban J connectivity index is 1.41. The molecule has 1 N–H and O–H groups in total. The number of halogens is 2. The number of carbonyl (C=O) groups excluding carboxylic acids is 1. The fourth-order valence-corrected chi connectivity index (χ4v) is 4.92. The van der Waals surface area contributed by atoms with Crippen molar-refractivity contribution < 1.29 is 18.7 Å². The number of methoxy groups -OCH3 is 2. The van der Waals surface area contributed by atoms with E-state index in [1.165, 1.54) is 18.2 Å². The molecular formula is C23H26ClFN2O3. The topological polar surface area (TPSA) is 50.8 Å². The molecule has 30 heavy (non-hydrogen) atoms. The fourth-order valence-electron chi connectivity index (χ4n) is 4.74. The molecule has 5 nitrogen and oxygen atoms in total. The highest BCUT2D eigenvalue weighted by Crippen LogP contribution is 2.38. The van der Waals surface area contributed by atoms with Crippen LogP contribution in [0.4, 0.5) is 4.39 Å². The highest BCUT2D eigenvalue weighted by Gasteiger charge is 2.41. The molecule has 2 aromatic carbocycles. The van der Waals surface area contributed by atoms with Crippen molar-refractivity contribution >= 4 is 17.5 Å². The van der Waals surface area contributed by atoms with E-state index in [0.717, 1.165) is 49.3 Å². The van der Waals surface area contributed by atoms with Gasteiger partial charge in [-0.05, 0) is 49.9 Å². The van der Waals surface area contributed by atoms with Gasteiger partial charge in [-0.25, -0.2) is 4.39 Å². The summed E-state index contributed by atoms with van der Waals surface area (Å²) >= 11 is 5.82. The largest absolute Gasteiger partial charge is 0.497 e. The summed E-state index contributed by atoms with van der Waals surface area (Å²) in [6, 6.07) is 10.9. The lowest BCUT2D eigenvalue weighted by molar-refractivity contribution is 0.0826. The average Bonchev–Trinajstić information content (AvgIpc) is 2.98. The van der Waals surface area contributed by atoms with Gasteiger partial charge in [-0.2, -0.15) is 0 Å². The lowest BCUT2D eigenvalue weighted by Gasteiger charge is -2.39.